The summed E-state index contributed by atoms with van der Waals surface area (Å²) in [7, 11) is 0. The smallest absolute Gasteiger partial charge is 0.223 e. The second kappa shape index (κ2) is 6.03. The number of nitrogens with two attached hydrogens (primary N) is 1. The van der Waals surface area contributed by atoms with Gasteiger partial charge in [0.2, 0.25) is 5.91 Å². The maximum Gasteiger partial charge on any atom is 0.223 e. The van der Waals surface area contributed by atoms with Crippen LogP contribution >= 0.6 is 23.1 Å². The van der Waals surface area contributed by atoms with Crippen LogP contribution in [0.3, 0.4) is 0 Å². The summed E-state index contributed by atoms with van der Waals surface area (Å²) in [5, 5.41) is 5.05. The van der Waals surface area contributed by atoms with Crippen molar-refractivity contribution < 1.29 is 9.18 Å². The van der Waals surface area contributed by atoms with E-state index in [4.69, 9.17) is 5.73 Å². The Morgan fingerprint density at radius 2 is 2.32 bits per heavy atom. The molecular weight excluding hydrogens is 285 g/mol. The van der Waals surface area contributed by atoms with Crippen LogP contribution in [0.25, 0.3) is 0 Å². The molecule has 0 bridgehead atoms. The molecule has 4 nitrogen and oxygen atoms in total. The minimum absolute atomic E-state index is 0.147. The van der Waals surface area contributed by atoms with E-state index in [1.165, 1.54) is 42.2 Å². The number of benzene rings is 1. The van der Waals surface area contributed by atoms with Gasteiger partial charge in [-0.1, -0.05) is 0 Å². The average Bonchev–Trinajstić information content (AvgIpc) is 2.72. The molecule has 2 aromatic rings. The van der Waals surface area contributed by atoms with Crippen LogP contribution in [-0.2, 0) is 10.5 Å². The number of carbonyl (C=O) groups is 1. The topological polar surface area (TPSA) is 68.0 Å². The predicted octanol–water partition coefficient (Wildman–Crippen LogP) is 3.12. The highest BCUT2D eigenvalue weighted by Gasteiger charge is 2.05. The van der Waals surface area contributed by atoms with Crippen molar-refractivity contribution in [2.45, 2.75) is 17.6 Å². The van der Waals surface area contributed by atoms with Crippen LogP contribution in [0.2, 0.25) is 0 Å². The monoisotopic (exact) mass is 297 g/mol. The molecule has 0 saturated heterocycles. The number of thiazole rings is 1. The molecular formula is C12H12FN3OS2. The van der Waals surface area contributed by atoms with Gasteiger partial charge in [0, 0.05) is 28.6 Å². The van der Waals surface area contributed by atoms with Crippen molar-refractivity contribution in [1.82, 2.24) is 4.98 Å². The second-order valence-electron chi connectivity index (χ2n) is 3.83. The zero-order valence-electron chi connectivity index (χ0n) is 10.1. The molecule has 0 saturated carbocycles. The fourth-order valence-corrected chi connectivity index (χ4v) is 3.15. The van der Waals surface area contributed by atoms with Gasteiger partial charge in [-0.2, -0.15) is 0 Å². The second-order valence-corrected chi connectivity index (χ2v) is 5.74. The van der Waals surface area contributed by atoms with Crippen molar-refractivity contribution in [3.63, 3.8) is 0 Å². The number of halogens is 1. The zero-order chi connectivity index (χ0) is 13.8. The van der Waals surface area contributed by atoms with Gasteiger partial charge >= 0.3 is 0 Å². The third-order valence-corrected chi connectivity index (χ3v) is 3.93. The average molecular weight is 297 g/mol. The number of nitrogen functional groups attached to an aromatic ring is 1. The van der Waals surface area contributed by atoms with Gasteiger partial charge < -0.3 is 11.1 Å². The van der Waals surface area contributed by atoms with E-state index in [-0.39, 0.29) is 11.7 Å². The summed E-state index contributed by atoms with van der Waals surface area (Å²) in [5.41, 5.74) is 6.81. The Labute approximate surface area is 118 Å². The molecule has 1 amide bonds. The van der Waals surface area contributed by atoms with E-state index in [0.717, 1.165) is 10.6 Å². The summed E-state index contributed by atoms with van der Waals surface area (Å²) in [6, 6.07) is 4.43. The van der Waals surface area contributed by atoms with Crippen molar-refractivity contribution in [1.29, 1.82) is 0 Å². The third-order valence-electron chi connectivity index (χ3n) is 2.12. The molecule has 19 heavy (non-hydrogen) atoms. The maximum atomic E-state index is 13.1. The first-order chi connectivity index (χ1) is 9.02. The lowest BCUT2D eigenvalue weighted by atomic mass is 10.3. The van der Waals surface area contributed by atoms with E-state index in [9.17, 15) is 9.18 Å². The quantitative estimate of drug-likeness (QED) is 0.672. The molecule has 1 aromatic heterocycles. The van der Waals surface area contributed by atoms with E-state index in [1.807, 2.05) is 5.38 Å². The Balaban J connectivity index is 1.98. The lowest BCUT2D eigenvalue weighted by molar-refractivity contribution is -0.114. The van der Waals surface area contributed by atoms with Gasteiger partial charge in [0.25, 0.3) is 0 Å². The fourth-order valence-electron chi connectivity index (χ4n) is 1.41. The van der Waals surface area contributed by atoms with E-state index < -0.39 is 0 Å². The number of amides is 1. The lowest BCUT2D eigenvalue weighted by Gasteiger charge is -2.01. The molecule has 0 aliphatic rings. The van der Waals surface area contributed by atoms with Gasteiger partial charge in [0.1, 0.15) is 5.82 Å². The normalized spacial score (nSPS) is 10.4. The highest BCUT2D eigenvalue weighted by atomic mass is 32.2. The number of thioether (sulfide) groups is 1. The molecule has 1 heterocycles. The van der Waals surface area contributed by atoms with Crippen LogP contribution in [0.5, 0.6) is 0 Å². The van der Waals surface area contributed by atoms with Gasteiger partial charge in [-0.25, -0.2) is 9.37 Å². The van der Waals surface area contributed by atoms with Crippen molar-refractivity contribution >= 4 is 39.8 Å². The SMILES string of the molecule is CC(=O)Nc1nc(CSc2cc(N)cc(F)c2)cs1. The molecule has 0 atom stereocenters. The lowest BCUT2D eigenvalue weighted by Crippen LogP contribution is -2.05. The van der Waals surface area contributed by atoms with E-state index in [0.29, 0.717) is 16.6 Å². The molecule has 0 aliphatic heterocycles. The number of anilines is 2. The number of nitrogens with zero attached hydrogens (tertiary/aromatic N) is 1. The highest BCUT2D eigenvalue weighted by Crippen LogP contribution is 2.27. The van der Waals surface area contributed by atoms with Crippen LogP contribution in [-0.4, -0.2) is 10.9 Å². The van der Waals surface area contributed by atoms with Crippen LogP contribution < -0.4 is 11.1 Å². The summed E-state index contributed by atoms with van der Waals surface area (Å²) in [4.78, 5) is 15.9. The fraction of sp³-hybridized carbons (Fsp3) is 0.167. The molecule has 0 spiro atoms. The van der Waals surface area contributed by atoms with Gasteiger partial charge in [-0.3, -0.25) is 4.79 Å². The maximum absolute atomic E-state index is 13.1. The van der Waals surface area contributed by atoms with Gasteiger partial charge in [0.15, 0.2) is 5.13 Å². The molecule has 1 aromatic carbocycles. The van der Waals surface area contributed by atoms with Crippen molar-refractivity contribution in [3.05, 3.63) is 35.1 Å². The molecule has 0 aliphatic carbocycles. The first-order valence-electron chi connectivity index (χ1n) is 5.44. The number of nitrogens with one attached hydrogen (secondary N) is 1. The Hall–Kier alpha value is -1.60. The zero-order valence-corrected chi connectivity index (χ0v) is 11.8. The van der Waals surface area contributed by atoms with Crippen molar-refractivity contribution in [2.75, 3.05) is 11.1 Å². The number of aromatic nitrogens is 1. The largest absolute Gasteiger partial charge is 0.399 e. The van der Waals surface area contributed by atoms with Crippen molar-refractivity contribution in [2.24, 2.45) is 0 Å². The minimum atomic E-state index is -0.347. The minimum Gasteiger partial charge on any atom is -0.399 e. The number of carbonyl (C=O) groups excluding carboxylic acids is 1. The van der Waals surface area contributed by atoms with Crippen molar-refractivity contribution in [3.8, 4) is 0 Å². The Bertz CT molecular complexity index is 580. The van der Waals surface area contributed by atoms with Crippen LogP contribution in [0, 0.1) is 5.82 Å². The van der Waals surface area contributed by atoms with Crippen LogP contribution in [0.1, 0.15) is 12.6 Å². The molecule has 0 radical (unpaired) electrons. The molecule has 0 unspecified atom stereocenters. The highest BCUT2D eigenvalue weighted by molar-refractivity contribution is 7.98. The number of hydrogen-bond acceptors (Lipinski definition) is 5. The summed E-state index contributed by atoms with van der Waals surface area (Å²) >= 11 is 2.81. The summed E-state index contributed by atoms with van der Waals surface area (Å²) in [6.45, 7) is 1.44. The van der Waals surface area contributed by atoms with Crippen LogP contribution in [0.15, 0.2) is 28.5 Å². The molecule has 3 N–H and O–H groups in total. The van der Waals surface area contributed by atoms with Gasteiger partial charge in [0.05, 0.1) is 5.69 Å². The van der Waals surface area contributed by atoms with E-state index in [1.54, 1.807) is 6.07 Å². The van der Waals surface area contributed by atoms with E-state index in [2.05, 4.69) is 10.3 Å². The standard InChI is InChI=1S/C12H12FN3OS2/c1-7(17)15-12-16-10(6-19-12)5-18-11-3-8(13)2-9(14)4-11/h2-4,6H,5,14H2,1H3,(H,15,16,17). The van der Waals surface area contributed by atoms with Gasteiger partial charge in [-0.15, -0.1) is 23.1 Å². The number of rotatable bonds is 4. The predicted molar refractivity (Wildman–Crippen MR) is 76.8 cm³/mol. The first-order valence-corrected chi connectivity index (χ1v) is 7.30. The molecule has 0 fully saturated rings. The Morgan fingerprint density at radius 1 is 1.53 bits per heavy atom. The summed E-state index contributed by atoms with van der Waals surface area (Å²) in [5.74, 6) is 0.102. The molecule has 100 valence electrons. The Kier molecular flexibility index (Phi) is 4.39. The Morgan fingerprint density at radius 3 is 3.00 bits per heavy atom. The molecule has 7 heteroatoms. The third kappa shape index (κ3) is 4.22. The number of hydrogen-bond donors (Lipinski definition) is 2. The van der Waals surface area contributed by atoms with E-state index >= 15 is 0 Å². The summed E-state index contributed by atoms with van der Waals surface area (Å²) < 4.78 is 13.1. The van der Waals surface area contributed by atoms with Gasteiger partial charge in [-0.05, 0) is 18.2 Å². The van der Waals surface area contributed by atoms with Crippen LogP contribution in [0.4, 0.5) is 15.2 Å². The first kappa shape index (κ1) is 13.8. The summed E-state index contributed by atoms with van der Waals surface area (Å²) in [6.07, 6.45) is 0. The molecule has 2 rings (SSSR count).